The number of hydrogen-bond acceptors (Lipinski definition) is 10. The number of hydrogen-bond donors (Lipinski definition) is 3. The summed E-state index contributed by atoms with van der Waals surface area (Å²) < 4.78 is 18.0. The van der Waals surface area contributed by atoms with E-state index in [2.05, 4.69) is 20.4 Å². The second kappa shape index (κ2) is 17.2. The van der Waals surface area contributed by atoms with Gasteiger partial charge >= 0.3 is 12.0 Å². The third-order valence-electron chi connectivity index (χ3n) is 9.39. The summed E-state index contributed by atoms with van der Waals surface area (Å²) in [6.07, 6.45) is -0.129. The zero-order chi connectivity index (χ0) is 36.5. The molecule has 0 radical (unpaired) electrons. The standard InChI is InChI=1S/C39H43N5O8/c1-50-37(46)35(23-27-5-3-2-4-6-27)41-39(47)40-31-13-11-30(12-14-31)38-51-34(24-36(52-38)29-9-7-28(26-45)8-10-29)25-42-19-21-43(22-20-42)32-15-17-33(18-16-32)44(48)49/h2-18,34-36,38,45H,19-26H2,1H3,(H2,40,41,47). The quantitative estimate of drug-likeness (QED) is 0.0995. The van der Waals surface area contributed by atoms with Crippen LogP contribution in [0.4, 0.5) is 21.9 Å². The van der Waals surface area contributed by atoms with Crippen molar-refractivity contribution < 1.29 is 33.8 Å². The van der Waals surface area contributed by atoms with Crippen LogP contribution in [0.1, 0.15) is 41.1 Å². The number of methoxy groups -OCH3 is 1. The number of esters is 1. The lowest BCUT2D eigenvalue weighted by molar-refractivity contribution is -0.384. The summed E-state index contributed by atoms with van der Waals surface area (Å²) in [6.45, 7) is 3.84. The summed E-state index contributed by atoms with van der Waals surface area (Å²) >= 11 is 0. The van der Waals surface area contributed by atoms with E-state index in [1.165, 1.54) is 19.2 Å². The molecule has 13 nitrogen and oxygen atoms in total. The maximum Gasteiger partial charge on any atom is 0.328 e. The number of ether oxygens (including phenoxy) is 3. The Hall–Kier alpha value is -5.34. The van der Waals surface area contributed by atoms with Gasteiger partial charge in [0.1, 0.15) is 6.04 Å². The molecule has 0 saturated carbocycles. The first kappa shape index (κ1) is 36.5. The highest BCUT2D eigenvalue weighted by Gasteiger charge is 2.34. The third-order valence-corrected chi connectivity index (χ3v) is 9.39. The molecule has 4 aromatic rings. The molecule has 3 N–H and O–H groups in total. The van der Waals surface area contributed by atoms with Gasteiger partial charge in [0.2, 0.25) is 0 Å². The van der Waals surface area contributed by atoms with Crippen molar-refractivity contribution >= 4 is 29.1 Å². The molecule has 4 unspecified atom stereocenters. The molecule has 2 aliphatic heterocycles. The molecule has 272 valence electrons. The van der Waals surface area contributed by atoms with Gasteiger partial charge in [-0.05, 0) is 41.0 Å². The maximum absolute atomic E-state index is 12.9. The first-order valence-electron chi connectivity index (χ1n) is 17.3. The first-order valence-corrected chi connectivity index (χ1v) is 17.3. The molecule has 2 amide bonds. The highest BCUT2D eigenvalue weighted by Crippen LogP contribution is 2.38. The lowest BCUT2D eigenvalue weighted by Gasteiger charge is -2.41. The van der Waals surface area contributed by atoms with Gasteiger partial charge < -0.3 is 34.9 Å². The molecular formula is C39H43N5O8. The number of nitro benzene ring substituents is 1. The molecule has 0 bridgehead atoms. The molecule has 2 fully saturated rings. The minimum absolute atomic E-state index is 0.0409. The number of rotatable bonds is 12. The van der Waals surface area contributed by atoms with Crippen LogP contribution < -0.4 is 15.5 Å². The number of amides is 2. The average Bonchev–Trinajstić information content (AvgIpc) is 3.18. The average molecular weight is 710 g/mol. The molecule has 0 aliphatic carbocycles. The molecule has 52 heavy (non-hydrogen) atoms. The van der Waals surface area contributed by atoms with Crippen LogP contribution in [-0.2, 0) is 32.0 Å². The Labute approximate surface area is 302 Å². The van der Waals surface area contributed by atoms with Gasteiger partial charge in [0, 0.05) is 74.6 Å². The molecule has 6 rings (SSSR count). The van der Waals surface area contributed by atoms with Gasteiger partial charge in [0.25, 0.3) is 5.69 Å². The van der Waals surface area contributed by atoms with Crippen molar-refractivity contribution in [3.05, 3.63) is 135 Å². The van der Waals surface area contributed by atoms with Crippen LogP contribution in [-0.4, -0.2) is 78.9 Å². The number of anilines is 2. The summed E-state index contributed by atoms with van der Waals surface area (Å²) in [5, 5.41) is 26.1. The lowest BCUT2D eigenvalue weighted by atomic mass is 9.99. The Morgan fingerprint density at radius 2 is 1.56 bits per heavy atom. The van der Waals surface area contributed by atoms with Gasteiger partial charge in [-0.1, -0.05) is 66.7 Å². The second-order valence-corrected chi connectivity index (χ2v) is 12.9. The van der Waals surface area contributed by atoms with Crippen LogP contribution in [0.15, 0.2) is 103 Å². The van der Waals surface area contributed by atoms with E-state index in [1.807, 2.05) is 66.7 Å². The molecule has 2 aliphatic rings. The monoisotopic (exact) mass is 709 g/mol. The van der Waals surface area contributed by atoms with E-state index < -0.39 is 29.3 Å². The predicted octanol–water partition coefficient (Wildman–Crippen LogP) is 5.36. The van der Waals surface area contributed by atoms with Crippen molar-refractivity contribution in [1.82, 2.24) is 10.2 Å². The van der Waals surface area contributed by atoms with Gasteiger partial charge in [-0.25, -0.2) is 9.59 Å². The SMILES string of the molecule is COC(=O)C(Cc1ccccc1)NC(=O)Nc1ccc(C2OC(CN3CCN(c4ccc([N+](=O)[O-])cc4)CC3)CC(c3ccc(CO)cc3)O2)cc1. The molecule has 2 saturated heterocycles. The summed E-state index contributed by atoms with van der Waals surface area (Å²) in [6, 6.07) is 29.6. The number of nitro groups is 1. The number of piperazine rings is 1. The number of nitrogens with zero attached hydrogens (tertiary/aromatic N) is 3. The highest BCUT2D eigenvalue weighted by molar-refractivity contribution is 5.92. The molecular weight excluding hydrogens is 666 g/mol. The van der Waals surface area contributed by atoms with E-state index in [1.54, 1.807) is 24.3 Å². The molecule has 0 spiro atoms. The lowest BCUT2D eigenvalue weighted by Crippen LogP contribution is -2.49. The van der Waals surface area contributed by atoms with Crippen molar-refractivity contribution in [1.29, 1.82) is 0 Å². The van der Waals surface area contributed by atoms with Crippen molar-refractivity contribution in [3.63, 3.8) is 0 Å². The maximum atomic E-state index is 12.9. The van der Waals surface area contributed by atoms with Gasteiger partial charge in [0.15, 0.2) is 6.29 Å². The van der Waals surface area contributed by atoms with Gasteiger partial charge in [-0.3, -0.25) is 15.0 Å². The summed E-state index contributed by atoms with van der Waals surface area (Å²) in [5.41, 5.74) is 5.05. The molecule has 0 aromatic heterocycles. The van der Waals surface area contributed by atoms with Crippen LogP contribution >= 0.6 is 0 Å². The predicted molar refractivity (Wildman–Crippen MR) is 195 cm³/mol. The largest absolute Gasteiger partial charge is 0.467 e. The highest BCUT2D eigenvalue weighted by atomic mass is 16.7. The minimum atomic E-state index is -0.860. The molecule has 13 heteroatoms. The van der Waals surface area contributed by atoms with E-state index in [9.17, 15) is 24.8 Å². The van der Waals surface area contributed by atoms with E-state index in [0.717, 1.165) is 54.1 Å². The molecule has 4 atom stereocenters. The van der Waals surface area contributed by atoms with E-state index >= 15 is 0 Å². The summed E-state index contributed by atoms with van der Waals surface area (Å²) in [5.74, 6) is -0.539. The smallest absolute Gasteiger partial charge is 0.328 e. The Bertz CT molecular complexity index is 1780. The van der Waals surface area contributed by atoms with Crippen LogP contribution in [0.25, 0.3) is 0 Å². The van der Waals surface area contributed by atoms with Crippen molar-refractivity contribution in [2.45, 2.75) is 44.0 Å². The Kier molecular flexibility index (Phi) is 12.1. The van der Waals surface area contributed by atoms with Gasteiger partial charge in [-0.2, -0.15) is 0 Å². The molecule has 2 heterocycles. The number of carbonyl (C=O) groups is 2. The normalized spacial score (nSPS) is 19.7. The minimum Gasteiger partial charge on any atom is -0.467 e. The number of aliphatic hydroxyl groups is 1. The van der Waals surface area contributed by atoms with Crippen LogP contribution in [0.2, 0.25) is 0 Å². The fourth-order valence-electron chi connectivity index (χ4n) is 6.53. The Balaban J connectivity index is 1.09. The van der Waals surface area contributed by atoms with Crippen LogP contribution in [0.5, 0.6) is 0 Å². The zero-order valence-electron chi connectivity index (χ0n) is 28.9. The number of nitrogens with one attached hydrogen (secondary N) is 2. The number of aliphatic hydroxyl groups excluding tert-OH is 1. The van der Waals surface area contributed by atoms with Crippen molar-refractivity contribution in [2.75, 3.05) is 50.1 Å². The van der Waals surface area contributed by atoms with Crippen molar-refractivity contribution in [2.24, 2.45) is 0 Å². The summed E-state index contributed by atoms with van der Waals surface area (Å²) in [4.78, 5) is 40.6. The zero-order valence-corrected chi connectivity index (χ0v) is 28.9. The fraction of sp³-hybridized carbons (Fsp3) is 0.333. The Morgan fingerprint density at radius 1 is 0.885 bits per heavy atom. The summed E-state index contributed by atoms with van der Waals surface area (Å²) in [7, 11) is 1.29. The topological polar surface area (TPSA) is 156 Å². The van der Waals surface area contributed by atoms with Gasteiger partial charge in [0.05, 0.1) is 30.8 Å². The van der Waals surface area contributed by atoms with Crippen LogP contribution in [0.3, 0.4) is 0 Å². The fourth-order valence-corrected chi connectivity index (χ4v) is 6.53. The van der Waals surface area contributed by atoms with E-state index in [0.29, 0.717) is 18.7 Å². The number of carbonyl (C=O) groups excluding carboxylic acids is 2. The first-order chi connectivity index (χ1) is 25.3. The second-order valence-electron chi connectivity index (χ2n) is 12.9. The number of benzene rings is 4. The Morgan fingerprint density at radius 3 is 2.19 bits per heavy atom. The van der Waals surface area contributed by atoms with Crippen LogP contribution in [0, 0.1) is 10.1 Å². The van der Waals surface area contributed by atoms with Crippen molar-refractivity contribution in [3.8, 4) is 0 Å². The van der Waals surface area contributed by atoms with E-state index in [4.69, 9.17) is 14.2 Å². The van der Waals surface area contributed by atoms with E-state index in [-0.39, 0.29) is 30.9 Å². The number of non-ortho nitro benzene ring substituents is 1. The number of urea groups is 1. The van der Waals surface area contributed by atoms with Gasteiger partial charge in [-0.15, -0.1) is 0 Å². The third kappa shape index (κ3) is 9.50. The molecule has 4 aromatic carbocycles.